The van der Waals surface area contributed by atoms with Crippen molar-refractivity contribution in [2.45, 2.75) is 25.6 Å². The second kappa shape index (κ2) is 4.40. The molecule has 2 saturated carbocycles. The number of anilines is 1. The van der Waals surface area contributed by atoms with Gasteiger partial charge in [0.2, 0.25) is 11.8 Å². The molecule has 1 aromatic carbocycles. The zero-order valence-corrected chi connectivity index (χ0v) is 13.6. The third-order valence-corrected chi connectivity index (χ3v) is 6.43. The molecular weight excluding hydrogens is 350 g/mol. The summed E-state index contributed by atoms with van der Waals surface area (Å²) in [5, 5.41) is 20.4. The number of imide groups is 1. The maximum atomic E-state index is 12.7. The van der Waals surface area contributed by atoms with Gasteiger partial charge in [-0.15, -0.1) is 0 Å². The summed E-state index contributed by atoms with van der Waals surface area (Å²) in [6.07, 6.45) is 1.18. The number of carbonyl (C=O) groups is 2. The van der Waals surface area contributed by atoms with E-state index in [2.05, 4.69) is 15.9 Å². The van der Waals surface area contributed by atoms with Crippen LogP contribution >= 0.6 is 15.9 Å². The highest BCUT2D eigenvalue weighted by atomic mass is 79.9. The molecule has 5 nitrogen and oxygen atoms in total. The first kappa shape index (κ1) is 14.4. The maximum absolute atomic E-state index is 12.7. The van der Waals surface area contributed by atoms with Crippen molar-refractivity contribution in [1.82, 2.24) is 0 Å². The number of hydrogen-bond donors (Lipinski definition) is 2. The van der Waals surface area contributed by atoms with Crippen LogP contribution in [0.2, 0.25) is 0 Å². The Kier molecular flexibility index (Phi) is 2.87. The molecule has 22 heavy (non-hydrogen) atoms. The van der Waals surface area contributed by atoms with Crippen LogP contribution in [0.4, 0.5) is 5.69 Å². The van der Waals surface area contributed by atoms with Crippen molar-refractivity contribution in [2.24, 2.45) is 23.7 Å². The molecule has 3 aliphatic rings. The largest absolute Gasteiger partial charge is 0.365 e. The number of nitrogens with zero attached hydrogens (tertiary/aromatic N) is 1. The van der Waals surface area contributed by atoms with Gasteiger partial charge >= 0.3 is 0 Å². The average Bonchev–Trinajstić information content (AvgIpc) is 2.98. The van der Waals surface area contributed by atoms with Gasteiger partial charge in [-0.25, -0.2) is 0 Å². The Morgan fingerprint density at radius 2 is 1.68 bits per heavy atom. The smallest absolute Gasteiger partial charge is 0.238 e. The molecule has 2 bridgehead atoms. The van der Waals surface area contributed by atoms with Crippen LogP contribution in [0.25, 0.3) is 0 Å². The number of aryl methyl sites for hydroxylation is 1. The number of halogens is 1. The zero-order chi connectivity index (χ0) is 15.8. The van der Waals surface area contributed by atoms with Crippen molar-refractivity contribution in [3.8, 4) is 0 Å². The highest BCUT2D eigenvalue weighted by Gasteiger charge is 2.71. The van der Waals surface area contributed by atoms with Gasteiger partial charge in [0, 0.05) is 16.3 Å². The lowest BCUT2D eigenvalue weighted by Gasteiger charge is -2.25. The molecule has 6 heteroatoms. The lowest BCUT2D eigenvalue weighted by atomic mass is 9.81. The van der Waals surface area contributed by atoms with E-state index in [4.69, 9.17) is 0 Å². The van der Waals surface area contributed by atoms with Gasteiger partial charge in [-0.2, -0.15) is 0 Å². The fourth-order valence-electron chi connectivity index (χ4n) is 4.53. The van der Waals surface area contributed by atoms with E-state index in [1.54, 1.807) is 12.1 Å². The van der Waals surface area contributed by atoms with Gasteiger partial charge in [-0.3, -0.25) is 14.5 Å². The summed E-state index contributed by atoms with van der Waals surface area (Å²) in [4.78, 5) is 26.7. The quantitative estimate of drug-likeness (QED) is 0.585. The number of aliphatic hydroxyl groups is 2. The molecule has 1 saturated heterocycles. The van der Waals surface area contributed by atoms with Crippen molar-refractivity contribution >= 4 is 33.4 Å². The lowest BCUT2D eigenvalue weighted by Crippen LogP contribution is -2.42. The first-order valence-corrected chi connectivity index (χ1v) is 8.22. The van der Waals surface area contributed by atoms with Crippen LogP contribution in [-0.2, 0) is 9.59 Å². The third-order valence-electron chi connectivity index (χ3n) is 5.54. The van der Waals surface area contributed by atoms with Crippen molar-refractivity contribution in [3.05, 3.63) is 28.2 Å². The Hall–Kier alpha value is -1.24. The summed E-state index contributed by atoms with van der Waals surface area (Å²) in [6, 6.07) is 5.35. The lowest BCUT2D eigenvalue weighted by molar-refractivity contribution is -0.199. The fourth-order valence-corrected chi connectivity index (χ4v) is 4.77. The molecule has 4 rings (SSSR count). The molecule has 0 unspecified atom stereocenters. The van der Waals surface area contributed by atoms with Crippen LogP contribution in [0, 0.1) is 30.6 Å². The monoisotopic (exact) mass is 365 g/mol. The number of carbonyl (C=O) groups excluding carboxylic acids is 2. The molecule has 0 radical (unpaired) electrons. The molecule has 2 amide bonds. The molecular formula is C16H16BrNO4. The van der Waals surface area contributed by atoms with Gasteiger partial charge in [0.15, 0.2) is 5.79 Å². The molecule has 0 aromatic heterocycles. The normalized spacial score (nSPS) is 35.4. The van der Waals surface area contributed by atoms with E-state index in [1.165, 1.54) is 4.90 Å². The minimum absolute atomic E-state index is 0.295. The Morgan fingerprint density at radius 1 is 1.14 bits per heavy atom. The highest BCUT2D eigenvalue weighted by Crippen LogP contribution is 2.60. The Morgan fingerprint density at radius 3 is 2.18 bits per heavy atom. The van der Waals surface area contributed by atoms with Crippen molar-refractivity contribution < 1.29 is 19.8 Å². The Labute approximate surface area is 136 Å². The summed E-state index contributed by atoms with van der Waals surface area (Å²) in [5.74, 6) is -4.70. The first-order valence-electron chi connectivity index (χ1n) is 7.42. The van der Waals surface area contributed by atoms with Crippen LogP contribution in [0.15, 0.2) is 22.7 Å². The van der Waals surface area contributed by atoms with Gasteiger partial charge in [0.05, 0.1) is 17.5 Å². The van der Waals surface area contributed by atoms with Crippen LogP contribution < -0.4 is 4.90 Å². The second-order valence-electron chi connectivity index (χ2n) is 6.57. The molecule has 1 heterocycles. The highest BCUT2D eigenvalue weighted by molar-refractivity contribution is 9.10. The predicted molar refractivity (Wildman–Crippen MR) is 81.7 cm³/mol. The van der Waals surface area contributed by atoms with Crippen LogP contribution in [0.3, 0.4) is 0 Å². The van der Waals surface area contributed by atoms with Crippen LogP contribution in [0.1, 0.15) is 18.4 Å². The van der Waals surface area contributed by atoms with Crippen LogP contribution in [0.5, 0.6) is 0 Å². The van der Waals surface area contributed by atoms with Gasteiger partial charge in [-0.1, -0.05) is 15.9 Å². The van der Waals surface area contributed by atoms with E-state index in [1.807, 2.05) is 13.0 Å². The summed E-state index contributed by atoms with van der Waals surface area (Å²) in [6.45, 7) is 1.90. The van der Waals surface area contributed by atoms with E-state index in [-0.39, 0.29) is 11.8 Å². The summed E-state index contributed by atoms with van der Waals surface area (Å²) in [5.41, 5.74) is 1.50. The van der Waals surface area contributed by atoms with Gasteiger partial charge in [0.1, 0.15) is 0 Å². The zero-order valence-electron chi connectivity index (χ0n) is 12.0. The molecule has 0 spiro atoms. The summed E-state index contributed by atoms with van der Waals surface area (Å²) in [7, 11) is 0. The maximum Gasteiger partial charge on any atom is 0.238 e. The standard InChI is InChI=1S/C16H16BrNO4/c1-7-6-8(2-5-11(7)17)18-14(19)12-9-3-4-10(16(9,21)22)13(12)15(18)20/h2,5-6,9-10,12-13,21-22H,3-4H2,1H3/t9-,10+,12+,13-. The fraction of sp³-hybridized carbons (Fsp3) is 0.500. The Bertz CT molecular complexity index is 669. The van der Waals surface area contributed by atoms with E-state index in [0.717, 1.165) is 10.0 Å². The van der Waals surface area contributed by atoms with Crippen molar-refractivity contribution in [3.63, 3.8) is 0 Å². The molecule has 2 N–H and O–H groups in total. The topological polar surface area (TPSA) is 77.8 Å². The van der Waals surface area contributed by atoms with Crippen molar-refractivity contribution in [1.29, 1.82) is 0 Å². The van der Waals surface area contributed by atoms with Gasteiger partial charge < -0.3 is 10.2 Å². The molecule has 4 atom stereocenters. The second-order valence-corrected chi connectivity index (χ2v) is 7.42. The predicted octanol–water partition coefficient (Wildman–Crippen LogP) is 1.58. The van der Waals surface area contributed by atoms with Crippen LogP contribution in [-0.4, -0.2) is 27.8 Å². The average molecular weight is 366 g/mol. The molecule has 3 fully saturated rings. The van der Waals surface area contributed by atoms with E-state index < -0.39 is 29.5 Å². The first-order chi connectivity index (χ1) is 10.3. The molecule has 1 aliphatic heterocycles. The molecule has 116 valence electrons. The number of hydrogen-bond acceptors (Lipinski definition) is 4. The molecule has 1 aromatic rings. The molecule has 2 aliphatic carbocycles. The van der Waals surface area contributed by atoms with E-state index in [0.29, 0.717) is 18.5 Å². The van der Waals surface area contributed by atoms with Gasteiger partial charge in [-0.05, 0) is 43.5 Å². The Balaban J connectivity index is 1.75. The third kappa shape index (κ3) is 1.60. The number of benzene rings is 1. The minimum Gasteiger partial charge on any atom is -0.365 e. The van der Waals surface area contributed by atoms with E-state index in [9.17, 15) is 19.8 Å². The SMILES string of the molecule is Cc1cc(N2C(=O)[C@@H]3[C@H](C2=O)[C@@H]2CC[C@H]3C2(O)O)ccc1Br. The number of rotatable bonds is 1. The van der Waals surface area contributed by atoms with Crippen molar-refractivity contribution in [2.75, 3.05) is 4.90 Å². The number of fused-ring (bicyclic) bond motifs is 5. The minimum atomic E-state index is -1.87. The summed E-state index contributed by atoms with van der Waals surface area (Å²) >= 11 is 3.41. The van der Waals surface area contributed by atoms with Gasteiger partial charge in [0.25, 0.3) is 0 Å². The van der Waals surface area contributed by atoms with E-state index >= 15 is 0 Å². The number of amides is 2. The summed E-state index contributed by atoms with van der Waals surface area (Å²) < 4.78 is 0.917.